The topological polar surface area (TPSA) is 17.8 Å². The van der Waals surface area contributed by atoms with Gasteiger partial charge < -0.3 is 0 Å². The summed E-state index contributed by atoms with van der Waals surface area (Å²) in [4.78, 5) is 5.16. The van der Waals surface area contributed by atoms with Crippen LogP contribution < -0.4 is 0 Å². The molecular formula is C29H20N2. The van der Waals surface area contributed by atoms with E-state index in [1.54, 1.807) is 0 Å². The van der Waals surface area contributed by atoms with Gasteiger partial charge in [0, 0.05) is 16.5 Å². The first-order valence-electron chi connectivity index (χ1n) is 10.5. The molecule has 6 aromatic rings. The molecule has 0 aliphatic rings. The minimum absolute atomic E-state index is 0.923. The molecule has 31 heavy (non-hydrogen) atoms. The Morgan fingerprint density at radius 1 is 0.516 bits per heavy atom. The molecule has 0 aliphatic carbocycles. The number of para-hydroxylation sites is 1. The molecule has 0 saturated carbocycles. The molecule has 0 saturated heterocycles. The summed E-state index contributed by atoms with van der Waals surface area (Å²) in [5.74, 6) is 0.923. The lowest BCUT2D eigenvalue weighted by Crippen LogP contribution is -1.97. The number of fused-ring (bicyclic) bond motifs is 6. The molecule has 2 nitrogen and oxygen atoms in total. The standard InChI is InChI=1S/C29H20N2/c1-3-11-21(12-4-1)19-20-27-30-28-25-17-9-7-15-23(25)24-16-8-10-18-26(24)29(28)31(27)22-13-5-2-6-14-22/h1-20H. The van der Waals surface area contributed by atoms with E-state index in [9.17, 15) is 0 Å². The molecule has 5 aromatic carbocycles. The molecule has 0 spiro atoms. The summed E-state index contributed by atoms with van der Waals surface area (Å²) in [6.45, 7) is 0. The van der Waals surface area contributed by atoms with Gasteiger partial charge in [0.05, 0.1) is 11.0 Å². The maximum Gasteiger partial charge on any atom is 0.138 e. The Morgan fingerprint density at radius 2 is 1.06 bits per heavy atom. The van der Waals surface area contributed by atoms with Crippen molar-refractivity contribution in [2.24, 2.45) is 0 Å². The first-order chi connectivity index (χ1) is 15.4. The van der Waals surface area contributed by atoms with Gasteiger partial charge in [-0.25, -0.2) is 4.98 Å². The Labute approximate surface area is 180 Å². The van der Waals surface area contributed by atoms with Gasteiger partial charge in [-0.2, -0.15) is 0 Å². The molecule has 0 N–H and O–H groups in total. The smallest absolute Gasteiger partial charge is 0.138 e. The van der Waals surface area contributed by atoms with Crippen molar-refractivity contribution in [2.45, 2.75) is 0 Å². The summed E-state index contributed by atoms with van der Waals surface area (Å²) in [7, 11) is 0. The third-order valence-corrected chi connectivity index (χ3v) is 5.80. The molecule has 0 radical (unpaired) electrons. The van der Waals surface area contributed by atoms with Gasteiger partial charge in [-0.3, -0.25) is 4.57 Å². The minimum atomic E-state index is 0.923. The Balaban J connectivity index is 1.75. The molecule has 0 amide bonds. The third kappa shape index (κ3) is 2.92. The minimum Gasteiger partial charge on any atom is -0.292 e. The molecule has 0 aliphatic heterocycles. The SMILES string of the molecule is C(=Cc1nc2c3ccccc3c3ccccc3c2n1-c1ccccc1)c1ccccc1. The molecule has 0 unspecified atom stereocenters. The van der Waals surface area contributed by atoms with E-state index >= 15 is 0 Å². The molecule has 0 fully saturated rings. The number of aromatic nitrogens is 2. The van der Waals surface area contributed by atoms with Crippen molar-refractivity contribution in [1.82, 2.24) is 9.55 Å². The maximum absolute atomic E-state index is 5.16. The van der Waals surface area contributed by atoms with Crippen LogP contribution in [0.1, 0.15) is 11.4 Å². The Kier molecular flexibility index (Phi) is 4.14. The second-order valence-corrected chi connectivity index (χ2v) is 7.67. The number of rotatable bonds is 3. The van der Waals surface area contributed by atoms with Gasteiger partial charge >= 0.3 is 0 Å². The molecule has 0 atom stereocenters. The van der Waals surface area contributed by atoms with E-state index in [0.29, 0.717) is 0 Å². The van der Waals surface area contributed by atoms with Crippen molar-refractivity contribution in [3.63, 3.8) is 0 Å². The third-order valence-electron chi connectivity index (χ3n) is 5.80. The largest absolute Gasteiger partial charge is 0.292 e. The van der Waals surface area contributed by atoms with Crippen LogP contribution in [0.5, 0.6) is 0 Å². The number of hydrogen-bond donors (Lipinski definition) is 0. The molecule has 1 aromatic heterocycles. The van der Waals surface area contributed by atoms with Crippen molar-refractivity contribution in [1.29, 1.82) is 0 Å². The van der Waals surface area contributed by atoms with Crippen LogP contribution in [0.2, 0.25) is 0 Å². The van der Waals surface area contributed by atoms with Crippen molar-refractivity contribution in [3.8, 4) is 5.69 Å². The summed E-state index contributed by atoms with van der Waals surface area (Å²) in [5.41, 5.74) is 4.45. The zero-order valence-corrected chi connectivity index (χ0v) is 16.9. The van der Waals surface area contributed by atoms with Gasteiger partial charge in [0.2, 0.25) is 0 Å². The van der Waals surface area contributed by atoms with Crippen LogP contribution in [-0.2, 0) is 0 Å². The summed E-state index contributed by atoms with van der Waals surface area (Å²) >= 11 is 0. The summed E-state index contributed by atoms with van der Waals surface area (Å²) in [6.07, 6.45) is 4.25. The number of nitrogens with zero attached hydrogens (tertiary/aromatic N) is 2. The lowest BCUT2D eigenvalue weighted by atomic mass is 10.00. The average Bonchev–Trinajstić information content (AvgIpc) is 3.24. The highest BCUT2D eigenvalue weighted by atomic mass is 15.1. The van der Waals surface area contributed by atoms with Gasteiger partial charge in [-0.15, -0.1) is 0 Å². The van der Waals surface area contributed by atoms with E-state index in [2.05, 4.69) is 120 Å². The van der Waals surface area contributed by atoms with Gasteiger partial charge in [-0.1, -0.05) is 103 Å². The monoisotopic (exact) mass is 396 g/mol. The maximum atomic E-state index is 5.16. The van der Waals surface area contributed by atoms with Crippen LogP contribution >= 0.6 is 0 Å². The lowest BCUT2D eigenvalue weighted by molar-refractivity contribution is 1.07. The molecule has 6 rings (SSSR count). The number of imidazole rings is 1. The fourth-order valence-corrected chi connectivity index (χ4v) is 4.41. The second-order valence-electron chi connectivity index (χ2n) is 7.67. The van der Waals surface area contributed by atoms with E-state index < -0.39 is 0 Å². The van der Waals surface area contributed by atoms with Gasteiger partial charge in [0.1, 0.15) is 5.82 Å². The van der Waals surface area contributed by atoms with E-state index in [4.69, 9.17) is 4.98 Å². The van der Waals surface area contributed by atoms with Gasteiger partial charge in [0.25, 0.3) is 0 Å². The normalized spacial score (nSPS) is 11.7. The van der Waals surface area contributed by atoms with Crippen LogP contribution in [0.3, 0.4) is 0 Å². The molecule has 1 heterocycles. The fourth-order valence-electron chi connectivity index (χ4n) is 4.41. The Bertz CT molecular complexity index is 1560. The highest BCUT2D eigenvalue weighted by molar-refractivity contribution is 6.23. The zero-order chi connectivity index (χ0) is 20.6. The van der Waals surface area contributed by atoms with Crippen molar-refractivity contribution < 1.29 is 0 Å². The van der Waals surface area contributed by atoms with Crippen LogP contribution in [0.25, 0.3) is 50.4 Å². The number of benzene rings is 5. The molecule has 2 heteroatoms. The van der Waals surface area contributed by atoms with Crippen LogP contribution in [0.4, 0.5) is 0 Å². The highest BCUT2D eigenvalue weighted by Crippen LogP contribution is 2.36. The molecule has 0 bridgehead atoms. The second kappa shape index (κ2) is 7.26. The summed E-state index contributed by atoms with van der Waals surface area (Å²) in [5, 5.41) is 4.88. The predicted octanol–water partition coefficient (Wildman–Crippen LogP) is 7.50. The number of hydrogen-bond acceptors (Lipinski definition) is 1. The Hall–Kier alpha value is -4.17. The molecule has 146 valence electrons. The first-order valence-corrected chi connectivity index (χ1v) is 10.5. The van der Waals surface area contributed by atoms with Crippen LogP contribution in [0.15, 0.2) is 109 Å². The van der Waals surface area contributed by atoms with E-state index in [1.807, 2.05) is 6.07 Å². The zero-order valence-electron chi connectivity index (χ0n) is 16.9. The van der Waals surface area contributed by atoms with E-state index in [-0.39, 0.29) is 0 Å². The first kappa shape index (κ1) is 17.7. The Morgan fingerprint density at radius 3 is 1.77 bits per heavy atom. The quantitative estimate of drug-likeness (QED) is 0.283. The van der Waals surface area contributed by atoms with Crippen LogP contribution in [0, 0.1) is 0 Å². The van der Waals surface area contributed by atoms with E-state index in [0.717, 1.165) is 28.1 Å². The molecular weight excluding hydrogens is 376 g/mol. The van der Waals surface area contributed by atoms with E-state index in [1.165, 1.54) is 21.5 Å². The van der Waals surface area contributed by atoms with Crippen LogP contribution in [-0.4, -0.2) is 9.55 Å². The van der Waals surface area contributed by atoms with Gasteiger partial charge in [-0.05, 0) is 34.5 Å². The van der Waals surface area contributed by atoms with Crippen molar-refractivity contribution in [3.05, 3.63) is 121 Å². The van der Waals surface area contributed by atoms with Crippen molar-refractivity contribution in [2.75, 3.05) is 0 Å². The fraction of sp³-hybridized carbons (Fsp3) is 0. The lowest BCUT2D eigenvalue weighted by Gasteiger charge is -2.11. The summed E-state index contributed by atoms with van der Waals surface area (Å²) < 4.78 is 2.28. The average molecular weight is 396 g/mol. The van der Waals surface area contributed by atoms with Gasteiger partial charge in [0.15, 0.2) is 0 Å². The van der Waals surface area contributed by atoms with Crippen molar-refractivity contribution >= 4 is 44.7 Å². The highest BCUT2D eigenvalue weighted by Gasteiger charge is 2.17. The predicted molar refractivity (Wildman–Crippen MR) is 131 cm³/mol. The summed E-state index contributed by atoms with van der Waals surface area (Å²) in [6, 6.07) is 38.1.